The molecule has 1 N–H and O–H groups in total. The van der Waals surface area contributed by atoms with Crippen LogP contribution in [-0.2, 0) is 4.79 Å². The SMILES string of the molecule is CCC/N=C(\NC(=O)CC)N1CCN(C)CC1. The summed E-state index contributed by atoms with van der Waals surface area (Å²) in [7, 11) is 2.12. The Morgan fingerprint density at radius 1 is 1.24 bits per heavy atom. The lowest BCUT2D eigenvalue weighted by Gasteiger charge is -2.34. The molecular weight excluding hydrogens is 216 g/mol. The minimum atomic E-state index is 0.0405. The predicted molar refractivity (Wildman–Crippen MR) is 70.1 cm³/mol. The Morgan fingerprint density at radius 2 is 1.88 bits per heavy atom. The summed E-state index contributed by atoms with van der Waals surface area (Å²) in [6.45, 7) is 8.63. The number of hydrogen-bond acceptors (Lipinski definition) is 3. The standard InChI is InChI=1S/C12H24N4O/c1-4-6-13-12(14-11(17)5-2)16-9-7-15(3)8-10-16/h4-10H2,1-3H3,(H,13,14,17). The predicted octanol–water partition coefficient (Wildman–Crippen LogP) is 0.526. The third kappa shape index (κ3) is 4.73. The Bertz CT molecular complexity index is 270. The zero-order valence-electron chi connectivity index (χ0n) is 11.2. The highest BCUT2D eigenvalue weighted by atomic mass is 16.1. The Hall–Kier alpha value is -1.10. The van der Waals surface area contributed by atoms with Crippen molar-refractivity contribution in [1.29, 1.82) is 0 Å². The van der Waals surface area contributed by atoms with Gasteiger partial charge >= 0.3 is 0 Å². The lowest BCUT2D eigenvalue weighted by molar-refractivity contribution is -0.119. The van der Waals surface area contributed by atoms with E-state index >= 15 is 0 Å². The molecule has 1 saturated heterocycles. The highest BCUT2D eigenvalue weighted by Crippen LogP contribution is 2.00. The molecule has 0 saturated carbocycles. The molecule has 0 aromatic carbocycles. The van der Waals surface area contributed by atoms with Gasteiger partial charge in [-0.1, -0.05) is 13.8 Å². The summed E-state index contributed by atoms with van der Waals surface area (Å²) in [6.07, 6.45) is 1.50. The molecule has 1 amide bonds. The number of nitrogens with one attached hydrogen (secondary N) is 1. The molecule has 0 aromatic rings. The van der Waals surface area contributed by atoms with E-state index in [1.54, 1.807) is 0 Å². The summed E-state index contributed by atoms with van der Waals surface area (Å²) in [5, 5.41) is 2.90. The van der Waals surface area contributed by atoms with E-state index < -0.39 is 0 Å². The van der Waals surface area contributed by atoms with Crippen molar-refractivity contribution in [3.8, 4) is 0 Å². The van der Waals surface area contributed by atoms with E-state index in [-0.39, 0.29) is 5.91 Å². The highest BCUT2D eigenvalue weighted by Gasteiger charge is 2.18. The topological polar surface area (TPSA) is 47.9 Å². The molecule has 0 aromatic heterocycles. The molecule has 17 heavy (non-hydrogen) atoms. The Labute approximate surface area is 104 Å². The molecule has 1 aliphatic rings. The fourth-order valence-electron chi connectivity index (χ4n) is 1.67. The van der Waals surface area contributed by atoms with E-state index in [0.29, 0.717) is 6.42 Å². The number of amides is 1. The summed E-state index contributed by atoms with van der Waals surface area (Å²) >= 11 is 0. The second-order valence-corrected chi connectivity index (χ2v) is 4.40. The molecule has 0 atom stereocenters. The third-order valence-corrected chi connectivity index (χ3v) is 2.86. The number of carbonyl (C=O) groups excluding carboxylic acids is 1. The van der Waals surface area contributed by atoms with Gasteiger partial charge in [-0.3, -0.25) is 15.1 Å². The van der Waals surface area contributed by atoms with E-state index in [1.807, 2.05) is 6.92 Å². The van der Waals surface area contributed by atoms with Crippen LogP contribution >= 0.6 is 0 Å². The van der Waals surface area contributed by atoms with Crippen LogP contribution in [0, 0.1) is 0 Å². The van der Waals surface area contributed by atoms with Crippen LogP contribution < -0.4 is 5.32 Å². The van der Waals surface area contributed by atoms with Gasteiger partial charge in [-0.15, -0.1) is 0 Å². The average molecular weight is 240 g/mol. The molecular formula is C12H24N4O. The zero-order valence-corrected chi connectivity index (χ0v) is 11.2. The third-order valence-electron chi connectivity index (χ3n) is 2.86. The van der Waals surface area contributed by atoms with E-state index in [4.69, 9.17) is 0 Å². The van der Waals surface area contributed by atoms with Crippen molar-refractivity contribution in [2.75, 3.05) is 39.8 Å². The second-order valence-electron chi connectivity index (χ2n) is 4.40. The van der Waals surface area contributed by atoms with E-state index in [1.165, 1.54) is 0 Å². The van der Waals surface area contributed by atoms with Gasteiger partial charge in [-0.25, -0.2) is 0 Å². The second kappa shape index (κ2) is 7.27. The van der Waals surface area contributed by atoms with Crippen LogP contribution in [0.4, 0.5) is 0 Å². The summed E-state index contributed by atoms with van der Waals surface area (Å²) in [5.74, 6) is 0.797. The van der Waals surface area contributed by atoms with Crippen molar-refractivity contribution in [3.63, 3.8) is 0 Å². The minimum absolute atomic E-state index is 0.0405. The Balaban J connectivity index is 2.59. The van der Waals surface area contributed by atoms with E-state index in [0.717, 1.165) is 45.1 Å². The van der Waals surface area contributed by atoms with Gasteiger partial charge in [0.2, 0.25) is 11.9 Å². The normalized spacial score (nSPS) is 18.3. The van der Waals surface area contributed by atoms with Crippen molar-refractivity contribution in [1.82, 2.24) is 15.1 Å². The number of aliphatic imine (C=N–C) groups is 1. The molecule has 98 valence electrons. The van der Waals surface area contributed by atoms with Gasteiger partial charge in [0.15, 0.2) is 0 Å². The van der Waals surface area contributed by atoms with Crippen LogP contribution in [-0.4, -0.2) is 61.4 Å². The van der Waals surface area contributed by atoms with Crippen LogP contribution in [0.25, 0.3) is 0 Å². The quantitative estimate of drug-likeness (QED) is 0.578. The molecule has 1 rings (SSSR count). The molecule has 0 unspecified atom stereocenters. The molecule has 0 bridgehead atoms. The average Bonchev–Trinajstić information content (AvgIpc) is 2.35. The van der Waals surface area contributed by atoms with Gasteiger partial charge in [0.1, 0.15) is 0 Å². The monoisotopic (exact) mass is 240 g/mol. The number of rotatable bonds is 3. The van der Waals surface area contributed by atoms with E-state index in [2.05, 4.69) is 34.1 Å². The van der Waals surface area contributed by atoms with Gasteiger partial charge in [0.05, 0.1) is 0 Å². The number of guanidine groups is 1. The summed E-state index contributed by atoms with van der Waals surface area (Å²) < 4.78 is 0. The summed E-state index contributed by atoms with van der Waals surface area (Å²) in [5.41, 5.74) is 0. The van der Waals surface area contributed by atoms with Gasteiger partial charge in [-0.05, 0) is 13.5 Å². The fraction of sp³-hybridized carbons (Fsp3) is 0.833. The molecule has 0 spiro atoms. The van der Waals surface area contributed by atoms with Crippen molar-refractivity contribution >= 4 is 11.9 Å². The summed E-state index contributed by atoms with van der Waals surface area (Å²) in [4.78, 5) is 20.4. The van der Waals surface area contributed by atoms with Crippen molar-refractivity contribution < 1.29 is 4.79 Å². The summed E-state index contributed by atoms with van der Waals surface area (Å²) in [6, 6.07) is 0. The Morgan fingerprint density at radius 3 is 2.41 bits per heavy atom. The van der Waals surface area contributed by atoms with Gasteiger partial charge in [-0.2, -0.15) is 0 Å². The first-order chi connectivity index (χ1) is 8.17. The first-order valence-electron chi connectivity index (χ1n) is 6.45. The zero-order chi connectivity index (χ0) is 12.7. The van der Waals surface area contributed by atoms with Gasteiger partial charge < -0.3 is 9.80 Å². The van der Waals surface area contributed by atoms with Crippen LogP contribution in [0.5, 0.6) is 0 Å². The Kier molecular flexibility index (Phi) is 5.97. The van der Waals surface area contributed by atoms with Crippen molar-refractivity contribution in [2.24, 2.45) is 4.99 Å². The van der Waals surface area contributed by atoms with Crippen LogP contribution in [0.1, 0.15) is 26.7 Å². The number of likely N-dealkylation sites (N-methyl/N-ethyl adjacent to an activating group) is 1. The van der Waals surface area contributed by atoms with Crippen molar-refractivity contribution in [3.05, 3.63) is 0 Å². The van der Waals surface area contributed by atoms with Crippen molar-refractivity contribution in [2.45, 2.75) is 26.7 Å². The van der Waals surface area contributed by atoms with E-state index in [9.17, 15) is 4.79 Å². The smallest absolute Gasteiger partial charge is 0.226 e. The largest absolute Gasteiger partial charge is 0.340 e. The molecule has 1 fully saturated rings. The molecule has 0 aliphatic carbocycles. The number of piperazine rings is 1. The van der Waals surface area contributed by atoms with Crippen LogP contribution in [0.3, 0.4) is 0 Å². The first kappa shape index (κ1) is 14.0. The maximum absolute atomic E-state index is 11.5. The van der Waals surface area contributed by atoms with Gasteiger partial charge in [0.25, 0.3) is 0 Å². The number of hydrogen-bond donors (Lipinski definition) is 1. The molecule has 5 heteroatoms. The lowest BCUT2D eigenvalue weighted by atomic mass is 10.3. The minimum Gasteiger partial charge on any atom is -0.340 e. The molecule has 5 nitrogen and oxygen atoms in total. The maximum Gasteiger partial charge on any atom is 0.226 e. The molecule has 1 aliphatic heterocycles. The van der Waals surface area contributed by atoms with Crippen LogP contribution in [0.15, 0.2) is 4.99 Å². The maximum atomic E-state index is 11.5. The highest BCUT2D eigenvalue weighted by molar-refractivity contribution is 5.96. The number of carbonyl (C=O) groups is 1. The lowest BCUT2D eigenvalue weighted by Crippen LogP contribution is -2.52. The molecule has 0 radical (unpaired) electrons. The number of nitrogens with zero attached hydrogens (tertiary/aromatic N) is 3. The first-order valence-corrected chi connectivity index (χ1v) is 6.45. The fourth-order valence-corrected chi connectivity index (χ4v) is 1.67. The molecule has 1 heterocycles. The van der Waals surface area contributed by atoms with Crippen LogP contribution in [0.2, 0.25) is 0 Å². The van der Waals surface area contributed by atoms with Gasteiger partial charge in [0, 0.05) is 39.1 Å².